The minimum atomic E-state index is 0.647. The number of aryl methyl sites for hydroxylation is 1. The van der Waals surface area contributed by atoms with Gasteiger partial charge in [-0.05, 0) is 43.2 Å². The van der Waals surface area contributed by atoms with Gasteiger partial charge in [-0.2, -0.15) is 5.26 Å². The molecule has 3 rings (SSSR count). The first-order chi connectivity index (χ1) is 12.2. The van der Waals surface area contributed by atoms with Crippen LogP contribution in [-0.2, 0) is 0 Å². The summed E-state index contributed by atoms with van der Waals surface area (Å²) in [5.41, 5.74) is 3.12. The molecule has 0 unspecified atom stereocenters. The van der Waals surface area contributed by atoms with E-state index in [2.05, 4.69) is 40.8 Å². The Morgan fingerprint density at radius 2 is 1.92 bits per heavy atom. The molecule has 1 aromatic heterocycles. The summed E-state index contributed by atoms with van der Waals surface area (Å²) in [5, 5.41) is 9.22. The van der Waals surface area contributed by atoms with Crippen LogP contribution in [0.4, 0.5) is 5.82 Å². The van der Waals surface area contributed by atoms with Crippen LogP contribution in [0.25, 0.3) is 0 Å². The molecule has 0 spiro atoms. The van der Waals surface area contributed by atoms with Gasteiger partial charge in [-0.15, -0.1) is 0 Å². The lowest BCUT2D eigenvalue weighted by molar-refractivity contribution is 0.199. The highest BCUT2D eigenvalue weighted by Crippen LogP contribution is 2.21. The predicted molar refractivity (Wildman–Crippen MR) is 99.0 cm³/mol. The Labute approximate surface area is 149 Å². The van der Waals surface area contributed by atoms with E-state index in [-0.39, 0.29) is 0 Å². The summed E-state index contributed by atoms with van der Waals surface area (Å²) in [5.74, 6) is 1.78. The lowest BCUT2D eigenvalue weighted by atomic mass is 10.1. The van der Waals surface area contributed by atoms with Crippen molar-refractivity contribution in [1.82, 2.24) is 9.88 Å². The van der Waals surface area contributed by atoms with Gasteiger partial charge < -0.3 is 9.64 Å². The molecule has 0 atom stereocenters. The Balaban J connectivity index is 1.48. The van der Waals surface area contributed by atoms with E-state index in [1.807, 2.05) is 24.3 Å². The van der Waals surface area contributed by atoms with Crippen LogP contribution in [0.15, 0.2) is 36.5 Å². The molecule has 1 aromatic carbocycles. The number of hydrogen-bond acceptors (Lipinski definition) is 5. The highest BCUT2D eigenvalue weighted by atomic mass is 16.5. The number of ether oxygens (including phenoxy) is 1. The molecular formula is C20H24N4O. The van der Waals surface area contributed by atoms with Crippen LogP contribution in [0.2, 0.25) is 0 Å². The first-order valence-corrected chi connectivity index (χ1v) is 8.70. The number of rotatable bonds is 5. The Morgan fingerprint density at radius 1 is 1.12 bits per heavy atom. The molecule has 5 heteroatoms. The molecule has 0 radical (unpaired) electrons. The summed E-state index contributed by atoms with van der Waals surface area (Å²) < 4.78 is 5.96. The van der Waals surface area contributed by atoms with Crippen LogP contribution in [0.1, 0.15) is 16.7 Å². The average Bonchev–Trinajstić information content (AvgIpc) is 2.66. The van der Waals surface area contributed by atoms with E-state index in [0.717, 1.165) is 44.3 Å². The summed E-state index contributed by atoms with van der Waals surface area (Å²) in [6.45, 7) is 9.49. The molecule has 1 saturated heterocycles. The SMILES string of the molecule is Cc1cccc(OCCN2CCN(c3ncccc3C#N)CC2)c1C. The lowest BCUT2D eigenvalue weighted by Crippen LogP contribution is -2.48. The fraction of sp³-hybridized carbons (Fsp3) is 0.400. The normalized spacial score (nSPS) is 15.0. The van der Waals surface area contributed by atoms with Crippen LogP contribution >= 0.6 is 0 Å². The van der Waals surface area contributed by atoms with Crippen LogP contribution in [-0.4, -0.2) is 49.2 Å². The second kappa shape index (κ2) is 8.00. The van der Waals surface area contributed by atoms with E-state index in [4.69, 9.17) is 4.74 Å². The Morgan fingerprint density at radius 3 is 2.68 bits per heavy atom. The lowest BCUT2D eigenvalue weighted by Gasteiger charge is -2.35. The average molecular weight is 336 g/mol. The van der Waals surface area contributed by atoms with E-state index in [0.29, 0.717) is 12.2 Å². The van der Waals surface area contributed by atoms with Crippen molar-refractivity contribution < 1.29 is 4.74 Å². The third-order valence-electron chi connectivity index (χ3n) is 4.80. The minimum absolute atomic E-state index is 0.647. The van der Waals surface area contributed by atoms with E-state index >= 15 is 0 Å². The van der Waals surface area contributed by atoms with E-state index < -0.39 is 0 Å². The molecule has 0 bridgehead atoms. The van der Waals surface area contributed by atoms with Crippen molar-refractivity contribution in [2.75, 3.05) is 44.2 Å². The van der Waals surface area contributed by atoms with E-state index in [1.165, 1.54) is 11.1 Å². The van der Waals surface area contributed by atoms with Gasteiger partial charge in [0.2, 0.25) is 0 Å². The zero-order valence-corrected chi connectivity index (χ0v) is 14.9. The summed E-state index contributed by atoms with van der Waals surface area (Å²) >= 11 is 0. The smallest absolute Gasteiger partial charge is 0.146 e. The number of piperazine rings is 1. The summed E-state index contributed by atoms with van der Waals surface area (Å²) in [7, 11) is 0. The number of pyridine rings is 1. The largest absolute Gasteiger partial charge is 0.492 e. The van der Waals surface area contributed by atoms with Crippen molar-refractivity contribution in [2.24, 2.45) is 0 Å². The monoisotopic (exact) mass is 336 g/mol. The molecule has 0 saturated carbocycles. The fourth-order valence-corrected chi connectivity index (χ4v) is 3.08. The fourth-order valence-electron chi connectivity index (χ4n) is 3.08. The molecule has 1 fully saturated rings. The molecule has 2 aromatic rings. The second-order valence-electron chi connectivity index (χ2n) is 6.36. The topological polar surface area (TPSA) is 52.4 Å². The summed E-state index contributed by atoms with van der Waals surface area (Å²) in [6, 6.07) is 12.0. The predicted octanol–water partition coefficient (Wildman–Crippen LogP) is 2.77. The van der Waals surface area contributed by atoms with Crippen LogP contribution in [0.5, 0.6) is 5.75 Å². The van der Waals surface area contributed by atoms with Gasteiger partial charge in [-0.3, -0.25) is 4.90 Å². The molecule has 1 aliphatic rings. The number of anilines is 1. The van der Waals surface area contributed by atoms with Crippen molar-refractivity contribution in [3.05, 3.63) is 53.2 Å². The van der Waals surface area contributed by atoms with Gasteiger partial charge in [0.05, 0.1) is 5.56 Å². The Hall–Kier alpha value is -2.58. The maximum Gasteiger partial charge on any atom is 0.146 e. The van der Waals surface area contributed by atoms with E-state index in [1.54, 1.807) is 6.20 Å². The molecule has 5 nitrogen and oxygen atoms in total. The van der Waals surface area contributed by atoms with Gasteiger partial charge in [-0.1, -0.05) is 12.1 Å². The summed E-state index contributed by atoms with van der Waals surface area (Å²) in [6.07, 6.45) is 1.75. The Kier molecular flexibility index (Phi) is 5.52. The van der Waals surface area contributed by atoms with Crippen LogP contribution in [0, 0.1) is 25.2 Å². The zero-order valence-electron chi connectivity index (χ0n) is 14.9. The van der Waals surface area contributed by atoms with Gasteiger partial charge in [0.1, 0.15) is 24.2 Å². The maximum atomic E-state index is 9.22. The maximum absolute atomic E-state index is 9.22. The van der Waals surface area contributed by atoms with Gasteiger partial charge in [0.25, 0.3) is 0 Å². The molecule has 1 aliphatic heterocycles. The van der Waals surface area contributed by atoms with E-state index in [9.17, 15) is 5.26 Å². The standard InChI is InChI=1S/C20H24N4O/c1-16-5-3-7-19(17(16)2)25-14-13-23-9-11-24(12-10-23)20-18(15-21)6-4-8-22-20/h3-8H,9-14H2,1-2H3. The van der Waals surface area contributed by atoms with Crippen molar-refractivity contribution in [1.29, 1.82) is 5.26 Å². The first-order valence-electron chi connectivity index (χ1n) is 8.70. The molecular weight excluding hydrogens is 312 g/mol. The number of nitriles is 1. The molecule has 130 valence electrons. The number of benzene rings is 1. The zero-order chi connectivity index (χ0) is 17.6. The van der Waals surface area contributed by atoms with Crippen molar-refractivity contribution >= 4 is 5.82 Å². The molecule has 25 heavy (non-hydrogen) atoms. The third kappa shape index (κ3) is 4.09. The van der Waals surface area contributed by atoms with Crippen molar-refractivity contribution in [3.63, 3.8) is 0 Å². The number of aromatic nitrogens is 1. The third-order valence-corrected chi connectivity index (χ3v) is 4.80. The first kappa shape index (κ1) is 17.2. The van der Waals surface area contributed by atoms with Gasteiger partial charge >= 0.3 is 0 Å². The molecule has 2 heterocycles. The summed E-state index contributed by atoms with van der Waals surface area (Å²) in [4.78, 5) is 8.97. The quantitative estimate of drug-likeness (QED) is 0.840. The minimum Gasteiger partial charge on any atom is -0.492 e. The van der Waals surface area contributed by atoms with Crippen molar-refractivity contribution in [2.45, 2.75) is 13.8 Å². The highest BCUT2D eigenvalue weighted by molar-refractivity contribution is 5.53. The number of hydrogen-bond donors (Lipinski definition) is 0. The van der Waals surface area contributed by atoms with Gasteiger partial charge in [0, 0.05) is 38.9 Å². The highest BCUT2D eigenvalue weighted by Gasteiger charge is 2.20. The van der Waals surface area contributed by atoms with Crippen LogP contribution in [0.3, 0.4) is 0 Å². The second-order valence-corrected chi connectivity index (χ2v) is 6.36. The Bertz CT molecular complexity index is 761. The molecule has 0 N–H and O–H groups in total. The van der Waals surface area contributed by atoms with Gasteiger partial charge in [-0.25, -0.2) is 4.98 Å². The van der Waals surface area contributed by atoms with Crippen molar-refractivity contribution in [3.8, 4) is 11.8 Å². The van der Waals surface area contributed by atoms with Crippen LogP contribution < -0.4 is 9.64 Å². The molecule has 0 aliphatic carbocycles. The molecule has 0 amide bonds. The number of nitrogens with zero attached hydrogens (tertiary/aromatic N) is 4. The van der Waals surface area contributed by atoms with Gasteiger partial charge in [0.15, 0.2) is 0 Å².